The third kappa shape index (κ3) is 3.64. The number of aliphatic hydroxyl groups excluding tert-OH is 1. The van der Waals surface area contributed by atoms with Crippen LogP contribution in [0.5, 0.6) is 0 Å². The Balaban J connectivity index is 1.47. The van der Waals surface area contributed by atoms with Crippen molar-refractivity contribution in [2.45, 2.75) is 105 Å². The standard InChI is InChI=1S/C27H46O2/c1-18(17-28)8-7-9-19(2)21-11-12-22-20-16-25(29)24-10-5-6-14-26(24,3)23(20)13-15-27(21,22)4/h18-24,28H,5-17H2,1-4H3/t18-,19+,20-,21+,22-,23-,24+,26+,27+/m0/s1. The van der Waals surface area contributed by atoms with Crippen molar-refractivity contribution in [3.05, 3.63) is 0 Å². The molecule has 4 aliphatic rings. The summed E-state index contributed by atoms with van der Waals surface area (Å²) in [6.07, 6.45) is 15.3. The van der Waals surface area contributed by atoms with Gasteiger partial charge in [0.15, 0.2) is 0 Å². The second-order valence-corrected chi connectivity index (χ2v) is 12.3. The molecule has 0 aromatic heterocycles. The lowest BCUT2D eigenvalue weighted by Crippen LogP contribution is -2.56. The molecule has 1 N–H and O–H groups in total. The highest BCUT2D eigenvalue weighted by molar-refractivity contribution is 5.83. The van der Waals surface area contributed by atoms with Crippen LogP contribution in [0.1, 0.15) is 105 Å². The molecule has 2 heteroatoms. The van der Waals surface area contributed by atoms with Gasteiger partial charge in [-0.3, -0.25) is 4.79 Å². The molecule has 0 aliphatic heterocycles. The van der Waals surface area contributed by atoms with Crippen molar-refractivity contribution in [3.63, 3.8) is 0 Å². The van der Waals surface area contributed by atoms with Crippen LogP contribution in [0.15, 0.2) is 0 Å². The minimum atomic E-state index is 0.309. The van der Waals surface area contributed by atoms with Crippen molar-refractivity contribution in [1.29, 1.82) is 0 Å². The largest absolute Gasteiger partial charge is 0.396 e. The number of hydrogen-bond donors (Lipinski definition) is 1. The first-order valence-corrected chi connectivity index (χ1v) is 12.9. The summed E-state index contributed by atoms with van der Waals surface area (Å²) in [5.74, 6) is 5.35. The van der Waals surface area contributed by atoms with Gasteiger partial charge < -0.3 is 5.11 Å². The van der Waals surface area contributed by atoms with Gasteiger partial charge in [0.2, 0.25) is 0 Å². The number of carbonyl (C=O) groups is 1. The normalized spacial score (nSPS) is 46.5. The first kappa shape index (κ1) is 21.8. The topological polar surface area (TPSA) is 37.3 Å². The van der Waals surface area contributed by atoms with Crippen molar-refractivity contribution in [2.24, 2.45) is 52.3 Å². The molecule has 0 aromatic rings. The fourth-order valence-electron chi connectivity index (χ4n) is 9.15. The van der Waals surface area contributed by atoms with E-state index in [9.17, 15) is 9.90 Å². The molecular weight excluding hydrogens is 356 g/mol. The van der Waals surface area contributed by atoms with Crippen molar-refractivity contribution in [1.82, 2.24) is 0 Å². The molecule has 0 radical (unpaired) electrons. The number of aliphatic hydroxyl groups is 1. The third-order valence-electron chi connectivity index (χ3n) is 10.8. The summed E-state index contributed by atoms with van der Waals surface area (Å²) in [4.78, 5) is 13.2. The van der Waals surface area contributed by atoms with Crippen LogP contribution in [-0.2, 0) is 4.79 Å². The number of fused-ring (bicyclic) bond motifs is 5. The van der Waals surface area contributed by atoms with Crippen LogP contribution < -0.4 is 0 Å². The molecule has 0 amide bonds. The monoisotopic (exact) mass is 402 g/mol. The molecule has 0 heterocycles. The molecule has 0 spiro atoms. The average Bonchev–Trinajstić information content (AvgIpc) is 3.05. The number of hydrogen-bond acceptors (Lipinski definition) is 2. The van der Waals surface area contributed by atoms with Gasteiger partial charge in [0.1, 0.15) is 5.78 Å². The molecule has 4 saturated carbocycles. The highest BCUT2D eigenvalue weighted by Gasteiger charge is 2.61. The Morgan fingerprint density at radius 1 is 0.966 bits per heavy atom. The molecule has 166 valence electrons. The first-order valence-electron chi connectivity index (χ1n) is 12.9. The Kier molecular flexibility index (Phi) is 6.24. The number of Topliss-reactive ketones (excluding diaryl/α,β-unsaturated/α-hetero) is 1. The predicted octanol–water partition coefficient (Wildman–Crippen LogP) is 6.65. The summed E-state index contributed by atoms with van der Waals surface area (Å²) < 4.78 is 0. The van der Waals surface area contributed by atoms with Crippen molar-refractivity contribution in [3.8, 4) is 0 Å². The summed E-state index contributed by atoms with van der Waals surface area (Å²) in [7, 11) is 0. The quantitative estimate of drug-likeness (QED) is 0.540. The van der Waals surface area contributed by atoms with Crippen LogP contribution in [0.3, 0.4) is 0 Å². The molecule has 2 nitrogen and oxygen atoms in total. The minimum absolute atomic E-state index is 0.309. The molecule has 0 aromatic carbocycles. The molecule has 4 fully saturated rings. The van der Waals surface area contributed by atoms with Crippen LogP contribution in [0, 0.1) is 52.3 Å². The van der Waals surface area contributed by atoms with E-state index < -0.39 is 0 Å². The Morgan fingerprint density at radius 3 is 2.48 bits per heavy atom. The van der Waals surface area contributed by atoms with Crippen molar-refractivity contribution < 1.29 is 9.90 Å². The zero-order valence-corrected chi connectivity index (χ0v) is 19.6. The minimum Gasteiger partial charge on any atom is -0.396 e. The molecular formula is C27H46O2. The molecule has 9 atom stereocenters. The number of ketones is 1. The maximum absolute atomic E-state index is 13.2. The van der Waals surface area contributed by atoms with Gasteiger partial charge >= 0.3 is 0 Å². The van der Waals surface area contributed by atoms with Crippen LogP contribution in [-0.4, -0.2) is 17.5 Å². The first-order chi connectivity index (χ1) is 13.8. The van der Waals surface area contributed by atoms with E-state index in [2.05, 4.69) is 27.7 Å². The van der Waals surface area contributed by atoms with Gasteiger partial charge in [-0.1, -0.05) is 53.4 Å². The summed E-state index contributed by atoms with van der Waals surface area (Å²) in [6, 6.07) is 0. The van der Waals surface area contributed by atoms with Gasteiger partial charge in [-0.05, 0) is 91.3 Å². The van der Waals surface area contributed by atoms with Crippen LogP contribution in [0.4, 0.5) is 0 Å². The van der Waals surface area contributed by atoms with Crippen molar-refractivity contribution >= 4 is 5.78 Å². The summed E-state index contributed by atoms with van der Waals surface area (Å²) in [5.41, 5.74) is 0.769. The Morgan fingerprint density at radius 2 is 1.72 bits per heavy atom. The van der Waals surface area contributed by atoms with Gasteiger partial charge in [0, 0.05) is 18.9 Å². The molecule has 4 aliphatic carbocycles. The van der Waals surface area contributed by atoms with E-state index in [0.717, 1.165) is 36.5 Å². The average molecular weight is 403 g/mol. The van der Waals surface area contributed by atoms with E-state index in [1.54, 1.807) is 0 Å². The molecule has 0 saturated heterocycles. The molecule has 29 heavy (non-hydrogen) atoms. The Bertz CT molecular complexity index is 599. The molecule has 0 unspecified atom stereocenters. The smallest absolute Gasteiger partial charge is 0.136 e. The SMILES string of the molecule is C[C@H](CO)CCC[C@@H](C)[C@H]1CC[C@H]2[C@@H]3CC(=O)[C@H]4CCCC[C@]4(C)[C@H]3CC[C@]12C. The zero-order chi connectivity index (χ0) is 20.8. The predicted molar refractivity (Wildman–Crippen MR) is 119 cm³/mol. The van der Waals surface area contributed by atoms with E-state index >= 15 is 0 Å². The second-order valence-electron chi connectivity index (χ2n) is 12.3. The lowest BCUT2D eigenvalue weighted by atomic mass is 9.44. The van der Waals surface area contributed by atoms with Crippen LogP contribution in [0.2, 0.25) is 0 Å². The maximum atomic E-state index is 13.2. The maximum Gasteiger partial charge on any atom is 0.136 e. The number of carbonyl (C=O) groups excluding carboxylic acids is 1. The summed E-state index contributed by atoms with van der Waals surface area (Å²) in [5, 5.41) is 9.31. The Hall–Kier alpha value is -0.370. The highest BCUT2D eigenvalue weighted by Crippen LogP contribution is 2.67. The van der Waals surface area contributed by atoms with Gasteiger partial charge in [-0.2, -0.15) is 0 Å². The summed E-state index contributed by atoms with van der Waals surface area (Å²) >= 11 is 0. The van der Waals surface area contributed by atoms with E-state index in [0.29, 0.717) is 41.0 Å². The van der Waals surface area contributed by atoms with E-state index in [4.69, 9.17) is 0 Å². The lowest BCUT2D eigenvalue weighted by molar-refractivity contribution is -0.154. The van der Waals surface area contributed by atoms with Crippen molar-refractivity contribution in [2.75, 3.05) is 6.61 Å². The Labute approximate surface area is 179 Å². The fourth-order valence-corrected chi connectivity index (χ4v) is 9.15. The van der Waals surface area contributed by atoms with E-state index in [1.165, 1.54) is 64.2 Å². The van der Waals surface area contributed by atoms with Crippen LogP contribution >= 0.6 is 0 Å². The van der Waals surface area contributed by atoms with E-state index in [-0.39, 0.29) is 0 Å². The van der Waals surface area contributed by atoms with Gasteiger partial charge in [0.05, 0.1) is 0 Å². The third-order valence-corrected chi connectivity index (χ3v) is 10.8. The fraction of sp³-hybridized carbons (Fsp3) is 0.963. The highest BCUT2D eigenvalue weighted by atomic mass is 16.3. The zero-order valence-electron chi connectivity index (χ0n) is 19.6. The number of rotatable bonds is 6. The summed E-state index contributed by atoms with van der Waals surface area (Å²) in [6.45, 7) is 10.1. The van der Waals surface area contributed by atoms with E-state index in [1.807, 2.05) is 0 Å². The van der Waals surface area contributed by atoms with Crippen LogP contribution in [0.25, 0.3) is 0 Å². The second kappa shape index (κ2) is 8.29. The van der Waals surface area contributed by atoms with Gasteiger partial charge in [-0.25, -0.2) is 0 Å². The van der Waals surface area contributed by atoms with Gasteiger partial charge in [-0.15, -0.1) is 0 Å². The van der Waals surface area contributed by atoms with Gasteiger partial charge in [0.25, 0.3) is 0 Å². The molecule has 0 bridgehead atoms. The molecule has 4 rings (SSSR count). The lowest BCUT2D eigenvalue weighted by Gasteiger charge is -2.60.